The Kier molecular flexibility index (Phi) is 5.89. The lowest BCUT2D eigenvalue weighted by Crippen LogP contribution is -2.02. The van der Waals surface area contributed by atoms with Gasteiger partial charge in [-0.2, -0.15) is 0 Å². The standard InChI is InChI=1S/C8H12N2O.C2H6/c1-6(11-2)7-4-3-5-10-8(7)9;1-2/h3-6H,1-2H3,(H2,9,10);1-2H3. The SMILES string of the molecule is CC.COC(C)c1cccnc1N. The molecular weight excluding hydrogens is 164 g/mol. The highest BCUT2D eigenvalue weighted by Crippen LogP contribution is 2.19. The molecule has 0 saturated heterocycles. The number of hydrogen-bond acceptors (Lipinski definition) is 3. The van der Waals surface area contributed by atoms with Gasteiger partial charge in [-0.25, -0.2) is 4.98 Å². The smallest absolute Gasteiger partial charge is 0.129 e. The highest BCUT2D eigenvalue weighted by atomic mass is 16.5. The summed E-state index contributed by atoms with van der Waals surface area (Å²) in [6.45, 7) is 5.94. The number of nitrogen functional groups attached to an aromatic ring is 1. The molecule has 13 heavy (non-hydrogen) atoms. The van der Waals surface area contributed by atoms with Gasteiger partial charge in [-0.3, -0.25) is 0 Å². The lowest BCUT2D eigenvalue weighted by Gasteiger charge is -2.10. The maximum Gasteiger partial charge on any atom is 0.129 e. The van der Waals surface area contributed by atoms with Crippen LogP contribution in [0.3, 0.4) is 0 Å². The van der Waals surface area contributed by atoms with E-state index < -0.39 is 0 Å². The normalized spacial score (nSPS) is 11.4. The van der Waals surface area contributed by atoms with Crippen molar-refractivity contribution in [2.24, 2.45) is 0 Å². The van der Waals surface area contributed by atoms with Crippen LogP contribution in [0.25, 0.3) is 0 Å². The maximum atomic E-state index is 5.61. The molecule has 0 aromatic carbocycles. The Morgan fingerprint density at radius 1 is 1.46 bits per heavy atom. The Labute approximate surface area is 79.9 Å². The number of ether oxygens (including phenoxy) is 1. The Hall–Kier alpha value is -1.09. The predicted octanol–water partition coefficient (Wildman–Crippen LogP) is 2.40. The lowest BCUT2D eigenvalue weighted by molar-refractivity contribution is 0.120. The number of pyridine rings is 1. The fraction of sp³-hybridized carbons (Fsp3) is 0.500. The quantitative estimate of drug-likeness (QED) is 0.764. The van der Waals surface area contributed by atoms with Gasteiger partial charge in [0.15, 0.2) is 0 Å². The number of aromatic nitrogens is 1. The highest BCUT2D eigenvalue weighted by Gasteiger charge is 2.06. The minimum absolute atomic E-state index is 0.0173. The van der Waals surface area contributed by atoms with Crippen LogP contribution in [0.15, 0.2) is 18.3 Å². The molecule has 1 rings (SSSR count). The van der Waals surface area contributed by atoms with Gasteiger partial charge in [0.25, 0.3) is 0 Å². The van der Waals surface area contributed by atoms with E-state index in [1.54, 1.807) is 13.3 Å². The molecular formula is C10H18N2O. The Balaban J connectivity index is 0.000000671. The van der Waals surface area contributed by atoms with E-state index in [4.69, 9.17) is 10.5 Å². The van der Waals surface area contributed by atoms with Crippen molar-refractivity contribution in [1.82, 2.24) is 4.98 Å². The molecule has 74 valence electrons. The number of hydrogen-bond donors (Lipinski definition) is 1. The molecule has 1 aromatic rings. The molecule has 0 amide bonds. The molecule has 1 atom stereocenters. The average Bonchev–Trinajstić information content (AvgIpc) is 2.20. The summed E-state index contributed by atoms with van der Waals surface area (Å²) in [4.78, 5) is 3.95. The largest absolute Gasteiger partial charge is 0.383 e. The zero-order valence-electron chi connectivity index (χ0n) is 8.74. The Bertz CT molecular complexity index is 238. The zero-order chi connectivity index (χ0) is 10.3. The predicted molar refractivity (Wildman–Crippen MR) is 55.4 cm³/mol. The van der Waals surface area contributed by atoms with E-state index in [1.807, 2.05) is 32.9 Å². The summed E-state index contributed by atoms with van der Waals surface area (Å²) in [7, 11) is 1.65. The van der Waals surface area contributed by atoms with Crippen molar-refractivity contribution < 1.29 is 4.74 Å². The van der Waals surface area contributed by atoms with Crippen LogP contribution in [-0.4, -0.2) is 12.1 Å². The van der Waals surface area contributed by atoms with Crippen molar-refractivity contribution in [2.45, 2.75) is 26.9 Å². The second-order valence-corrected chi connectivity index (χ2v) is 2.36. The third kappa shape index (κ3) is 3.42. The summed E-state index contributed by atoms with van der Waals surface area (Å²) in [6, 6.07) is 3.76. The van der Waals surface area contributed by atoms with Crippen LogP contribution < -0.4 is 5.73 Å². The molecule has 0 fully saturated rings. The summed E-state index contributed by atoms with van der Waals surface area (Å²) in [5.74, 6) is 0.543. The Morgan fingerprint density at radius 3 is 2.54 bits per heavy atom. The van der Waals surface area contributed by atoms with Crippen LogP contribution in [-0.2, 0) is 4.74 Å². The number of anilines is 1. The van der Waals surface area contributed by atoms with Gasteiger partial charge in [0, 0.05) is 18.9 Å². The fourth-order valence-corrected chi connectivity index (χ4v) is 0.901. The second-order valence-electron chi connectivity index (χ2n) is 2.36. The van der Waals surface area contributed by atoms with Crippen LogP contribution in [0, 0.1) is 0 Å². The molecule has 1 heterocycles. The number of nitrogens with two attached hydrogens (primary N) is 1. The van der Waals surface area contributed by atoms with Gasteiger partial charge in [-0.15, -0.1) is 0 Å². The fourth-order valence-electron chi connectivity index (χ4n) is 0.901. The number of methoxy groups -OCH3 is 1. The molecule has 0 radical (unpaired) electrons. The van der Waals surface area contributed by atoms with Gasteiger partial charge in [-0.1, -0.05) is 19.9 Å². The van der Waals surface area contributed by atoms with Crippen molar-refractivity contribution in [3.63, 3.8) is 0 Å². The van der Waals surface area contributed by atoms with Crippen LogP contribution >= 0.6 is 0 Å². The van der Waals surface area contributed by atoms with E-state index in [0.717, 1.165) is 5.56 Å². The number of rotatable bonds is 2. The molecule has 0 bridgehead atoms. The molecule has 0 aliphatic rings. The first kappa shape index (κ1) is 11.9. The minimum Gasteiger partial charge on any atom is -0.383 e. The van der Waals surface area contributed by atoms with Gasteiger partial charge in [0.2, 0.25) is 0 Å². The molecule has 0 aliphatic heterocycles. The molecule has 3 heteroatoms. The van der Waals surface area contributed by atoms with Crippen molar-refractivity contribution in [1.29, 1.82) is 0 Å². The van der Waals surface area contributed by atoms with Crippen LogP contribution in [0.2, 0.25) is 0 Å². The van der Waals surface area contributed by atoms with E-state index in [2.05, 4.69) is 4.98 Å². The molecule has 2 N–H and O–H groups in total. The van der Waals surface area contributed by atoms with Crippen molar-refractivity contribution in [2.75, 3.05) is 12.8 Å². The van der Waals surface area contributed by atoms with Gasteiger partial charge < -0.3 is 10.5 Å². The van der Waals surface area contributed by atoms with Crippen molar-refractivity contribution >= 4 is 5.82 Å². The maximum absolute atomic E-state index is 5.61. The van der Waals surface area contributed by atoms with Crippen LogP contribution in [0.1, 0.15) is 32.4 Å². The molecule has 3 nitrogen and oxygen atoms in total. The first-order chi connectivity index (χ1) is 6.25. The summed E-state index contributed by atoms with van der Waals surface area (Å²) in [5.41, 5.74) is 6.55. The zero-order valence-corrected chi connectivity index (χ0v) is 8.74. The van der Waals surface area contributed by atoms with E-state index in [0.29, 0.717) is 5.82 Å². The summed E-state index contributed by atoms with van der Waals surface area (Å²) >= 11 is 0. The molecule has 0 aliphatic carbocycles. The second kappa shape index (κ2) is 6.43. The monoisotopic (exact) mass is 182 g/mol. The molecule has 1 aromatic heterocycles. The third-order valence-corrected chi connectivity index (χ3v) is 1.66. The van der Waals surface area contributed by atoms with Gasteiger partial charge in [0.05, 0.1) is 6.10 Å². The van der Waals surface area contributed by atoms with Gasteiger partial charge in [0.1, 0.15) is 5.82 Å². The van der Waals surface area contributed by atoms with Gasteiger partial charge >= 0.3 is 0 Å². The van der Waals surface area contributed by atoms with Crippen LogP contribution in [0.5, 0.6) is 0 Å². The number of nitrogens with zero attached hydrogens (tertiary/aromatic N) is 1. The molecule has 1 unspecified atom stereocenters. The highest BCUT2D eigenvalue weighted by molar-refractivity contribution is 5.39. The first-order valence-electron chi connectivity index (χ1n) is 4.49. The van der Waals surface area contributed by atoms with Crippen molar-refractivity contribution in [3.8, 4) is 0 Å². The van der Waals surface area contributed by atoms with Crippen molar-refractivity contribution in [3.05, 3.63) is 23.9 Å². The Morgan fingerprint density at radius 2 is 2.08 bits per heavy atom. The summed E-state index contributed by atoms with van der Waals surface area (Å²) in [5, 5.41) is 0. The molecule has 0 saturated carbocycles. The summed E-state index contributed by atoms with van der Waals surface area (Å²) < 4.78 is 5.10. The summed E-state index contributed by atoms with van der Waals surface area (Å²) in [6.07, 6.45) is 1.69. The topological polar surface area (TPSA) is 48.1 Å². The average molecular weight is 182 g/mol. The van der Waals surface area contributed by atoms with Gasteiger partial charge in [-0.05, 0) is 13.0 Å². The molecule has 0 spiro atoms. The van der Waals surface area contributed by atoms with Crippen LogP contribution in [0.4, 0.5) is 5.82 Å². The van der Waals surface area contributed by atoms with E-state index in [-0.39, 0.29) is 6.10 Å². The third-order valence-electron chi connectivity index (χ3n) is 1.66. The lowest BCUT2D eigenvalue weighted by atomic mass is 10.2. The minimum atomic E-state index is 0.0173. The first-order valence-corrected chi connectivity index (χ1v) is 4.49. The van der Waals surface area contributed by atoms with E-state index >= 15 is 0 Å². The van der Waals surface area contributed by atoms with E-state index in [9.17, 15) is 0 Å². The van der Waals surface area contributed by atoms with E-state index in [1.165, 1.54) is 0 Å².